The number of nitrogens with zero attached hydrogens (tertiary/aromatic N) is 3. The van der Waals surface area contributed by atoms with Crippen LogP contribution in [0.5, 0.6) is 0 Å². The molecule has 5 nitrogen and oxygen atoms in total. The SMILES string of the molecule is CC1Cc2ccccc2N1S(=O)(=O)c1cn(C(C)C)nc1-c1ccccc1. The van der Waals surface area contributed by atoms with E-state index in [0.717, 1.165) is 16.8 Å². The maximum absolute atomic E-state index is 13.7. The maximum atomic E-state index is 13.7. The third-order valence-electron chi connectivity index (χ3n) is 4.96. The molecule has 0 saturated carbocycles. The molecule has 2 heterocycles. The minimum atomic E-state index is -3.74. The first-order chi connectivity index (χ1) is 12.9. The highest BCUT2D eigenvalue weighted by Crippen LogP contribution is 2.39. The van der Waals surface area contributed by atoms with Crippen molar-refractivity contribution in [3.8, 4) is 11.3 Å². The fraction of sp³-hybridized carbons (Fsp3) is 0.286. The highest BCUT2D eigenvalue weighted by atomic mass is 32.2. The van der Waals surface area contributed by atoms with E-state index in [9.17, 15) is 8.42 Å². The molecule has 1 aromatic heterocycles. The Labute approximate surface area is 160 Å². The van der Waals surface area contributed by atoms with E-state index in [2.05, 4.69) is 5.10 Å². The van der Waals surface area contributed by atoms with Gasteiger partial charge in [0, 0.05) is 23.8 Å². The minimum Gasteiger partial charge on any atom is -0.268 e. The summed E-state index contributed by atoms with van der Waals surface area (Å²) in [7, 11) is -3.74. The van der Waals surface area contributed by atoms with Crippen molar-refractivity contribution in [1.82, 2.24) is 9.78 Å². The highest BCUT2D eigenvalue weighted by Gasteiger charge is 2.38. The van der Waals surface area contributed by atoms with E-state index in [1.807, 2.05) is 75.4 Å². The van der Waals surface area contributed by atoms with Gasteiger partial charge in [0.25, 0.3) is 10.0 Å². The molecule has 2 aromatic carbocycles. The number of fused-ring (bicyclic) bond motifs is 1. The smallest absolute Gasteiger partial charge is 0.268 e. The molecule has 4 rings (SSSR count). The Morgan fingerprint density at radius 1 is 1.04 bits per heavy atom. The fourth-order valence-electron chi connectivity index (χ4n) is 3.63. The van der Waals surface area contributed by atoms with Gasteiger partial charge in [0.1, 0.15) is 10.6 Å². The summed E-state index contributed by atoms with van der Waals surface area (Å²) in [6.45, 7) is 5.94. The zero-order valence-electron chi connectivity index (χ0n) is 15.7. The van der Waals surface area contributed by atoms with Crippen LogP contribution in [-0.2, 0) is 16.4 Å². The molecule has 27 heavy (non-hydrogen) atoms. The molecule has 6 heteroatoms. The van der Waals surface area contributed by atoms with Crippen LogP contribution in [0, 0.1) is 0 Å². The van der Waals surface area contributed by atoms with Crippen LogP contribution in [-0.4, -0.2) is 24.2 Å². The van der Waals surface area contributed by atoms with Crippen LogP contribution in [0.25, 0.3) is 11.3 Å². The number of anilines is 1. The summed E-state index contributed by atoms with van der Waals surface area (Å²) < 4.78 is 30.7. The van der Waals surface area contributed by atoms with Crippen molar-refractivity contribution < 1.29 is 8.42 Å². The largest absolute Gasteiger partial charge is 0.268 e. The van der Waals surface area contributed by atoms with Gasteiger partial charge in [-0.1, -0.05) is 48.5 Å². The molecule has 1 aliphatic heterocycles. The average Bonchev–Trinajstić information content (AvgIpc) is 3.24. The van der Waals surface area contributed by atoms with Crippen molar-refractivity contribution in [2.24, 2.45) is 0 Å². The summed E-state index contributed by atoms with van der Waals surface area (Å²) in [5.74, 6) is 0. The Bertz CT molecular complexity index is 1070. The van der Waals surface area contributed by atoms with Gasteiger partial charge < -0.3 is 0 Å². The predicted octanol–water partition coefficient (Wildman–Crippen LogP) is 4.27. The van der Waals surface area contributed by atoms with E-state index < -0.39 is 10.0 Å². The summed E-state index contributed by atoms with van der Waals surface area (Å²) in [4.78, 5) is 0.256. The molecule has 0 radical (unpaired) electrons. The molecule has 0 spiro atoms. The van der Waals surface area contributed by atoms with Gasteiger partial charge in [-0.05, 0) is 38.8 Å². The number of para-hydroxylation sites is 1. The van der Waals surface area contributed by atoms with Crippen molar-refractivity contribution >= 4 is 15.7 Å². The first-order valence-corrected chi connectivity index (χ1v) is 10.6. The Hall–Kier alpha value is -2.60. The molecule has 0 bridgehead atoms. The van der Waals surface area contributed by atoms with Crippen LogP contribution in [0.3, 0.4) is 0 Å². The van der Waals surface area contributed by atoms with Crippen LogP contribution in [0.4, 0.5) is 5.69 Å². The van der Waals surface area contributed by atoms with Gasteiger partial charge in [-0.2, -0.15) is 5.10 Å². The summed E-state index contributed by atoms with van der Waals surface area (Å²) in [6, 6.07) is 17.2. The lowest BCUT2D eigenvalue weighted by Crippen LogP contribution is -2.35. The van der Waals surface area contributed by atoms with Crippen LogP contribution in [0.2, 0.25) is 0 Å². The molecule has 3 aromatic rings. The maximum Gasteiger partial charge on any atom is 0.268 e. The monoisotopic (exact) mass is 381 g/mol. The van der Waals surface area contributed by atoms with Crippen molar-refractivity contribution in [3.63, 3.8) is 0 Å². The van der Waals surface area contributed by atoms with E-state index in [1.54, 1.807) is 15.2 Å². The zero-order valence-corrected chi connectivity index (χ0v) is 16.5. The lowest BCUT2D eigenvalue weighted by Gasteiger charge is -2.24. The van der Waals surface area contributed by atoms with E-state index >= 15 is 0 Å². The number of sulfonamides is 1. The summed E-state index contributed by atoms with van der Waals surface area (Å²) in [5, 5.41) is 4.61. The molecular weight excluding hydrogens is 358 g/mol. The van der Waals surface area contributed by atoms with Gasteiger partial charge >= 0.3 is 0 Å². The first-order valence-electron chi connectivity index (χ1n) is 9.16. The number of benzene rings is 2. The molecule has 0 N–H and O–H groups in total. The molecule has 0 saturated heterocycles. The number of hydrogen-bond donors (Lipinski definition) is 0. The molecular formula is C21H23N3O2S. The molecule has 1 unspecified atom stereocenters. The second kappa shape index (κ2) is 6.53. The molecule has 140 valence electrons. The number of rotatable bonds is 4. The number of hydrogen-bond acceptors (Lipinski definition) is 3. The minimum absolute atomic E-state index is 0.0692. The Morgan fingerprint density at radius 3 is 2.41 bits per heavy atom. The third-order valence-corrected chi connectivity index (χ3v) is 6.89. The molecule has 1 atom stereocenters. The van der Waals surface area contributed by atoms with Crippen molar-refractivity contribution in [2.45, 2.75) is 44.2 Å². The van der Waals surface area contributed by atoms with Gasteiger partial charge in [-0.15, -0.1) is 0 Å². The third kappa shape index (κ3) is 2.94. The van der Waals surface area contributed by atoms with Crippen LogP contribution < -0.4 is 4.31 Å². The Kier molecular flexibility index (Phi) is 4.30. The van der Waals surface area contributed by atoms with Crippen molar-refractivity contribution in [2.75, 3.05) is 4.31 Å². The quantitative estimate of drug-likeness (QED) is 0.678. The lowest BCUT2D eigenvalue weighted by atomic mass is 10.1. The second-order valence-electron chi connectivity index (χ2n) is 7.26. The molecule has 0 fully saturated rings. The zero-order chi connectivity index (χ0) is 19.2. The second-order valence-corrected chi connectivity index (χ2v) is 9.05. The average molecular weight is 382 g/mol. The Balaban J connectivity index is 1.90. The molecule has 1 aliphatic rings. The van der Waals surface area contributed by atoms with Crippen molar-refractivity contribution in [3.05, 3.63) is 66.4 Å². The van der Waals surface area contributed by atoms with Gasteiger partial charge in [-0.25, -0.2) is 8.42 Å². The fourth-order valence-corrected chi connectivity index (χ4v) is 5.48. The topological polar surface area (TPSA) is 55.2 Å². The first kappa shape index (κ1) is 17.8. The van der Waals surface area contributed by atoms with Gasteiger partial charge in [0.2, 0.25) is 0 Å². The van der Waals surface area contributed by atoms with E-state index in [-0.39, 0.29) is 17.0 Å². The van der Waals surface area contributed by atoms with Gasteiger partial charge in [-0.3, -0.25) is 8.99 Å². The Morgan fingerprint density at radius 2 is 1.70 bits per heavy atom. The number of aromatic nitrogens is 2. The summed E-state index contributed by atoms with van der Waals surface area (Å²) in [6.07, 6.45) is 2.38. The van der Waals surface area contributed by atoms with E-state index in [4.69, 9.17) is 0 Å². The van der Waals surface area contributed by atoms with E-state index in [1.165, 1.54) is 0 Å². The lowest BCUT2D eigenvalue weighted by molar-refractivity contribution is 0.532. The van der Waals surface area contributed by atoms with Crippen LogP contribution >= 0.6 is 0 Å². The molecule has 0 amide bonds. The highest BCUT2D eigenvalue weighted by molar-refractivity contribution is 7.93. The van der Waals surface area contributed by atoms with Crippen LogP contribution in [0.1, 0.15) is 32.4 Å². The van der Waals surface area contributed by atoms with Gasteiger partial charge in [0.15, 0.2) is 0 Å². The summed E-state index contributed by atoms with van der Waals surface area (Å²) >= 11 is 0. The standard InChI is InChI=1S/C21H23N3O2S/c1-15(2)23-14-20(21(22-23)17-9-5-4-6-10-17)27(25,26)24-16(3)13-18-11-7-8-12-19(18)24/h4-12,14-16H,13H2,1-3H3. The predicted molar refractivity (Wildman–Crippen MR) is 107 cm³/mol. The van der Waals surface area contributed by atoms with Crippen LogP contribution in [0.15, 0.2) is 65.7 Å². The van der Waals surface area contributed by atoms with Gasteiger partial charge in [0.05, 0.1) is 5.69 Å². The summed E-state index contributed by atoms with van der Waals surface area (Å²) in [5.41, 5.74) is 3.13. The van der Waals surface area contributed by atoms with Crippen molar-refractivity contribution in [1.29, 1.82) is 0 Å². The molecule has 0 aliphatic carbocycles. The van der Waals surface area contributed by atoms with E-state index in [0.29, 0.717) is 12.1 Å². The normalized spacial score (nSPS) is 16.7.